The lowest BCUT2D eigenvalue weighted by molar-refractivity contribution is -0.136. The number of carbonyl (C=O) groups is 2. The molecule has 0 bridgehead atoms. The summed E-state index contributed by atoms with van der Waals surface area (Å²) in [5, 5.41) is 19.7. The van der Waals surface area contributed by atoms with Crippen LogP contribution in [0.1, 0.15) is 31.0 Å². The number of methoxy groups -OCH3 is 1. The highest BCUT2D eigenvalue weighted by molar-refractivity contribution is 14.1. The second-order valence-corrected chi connectivity index (χ2v) is 9.37. The van der Waals surface area contributed by atoms with Crippen LogP contribution in [0.5, 0.6) is 17.2 Å². The predicted molar refractivity (Wildman–Crippen MR) is 154 cm³/mol. The molecule has 2 atom stereocenters. The molecule has 2 aromatic carbocycles. The summed E-state index contributed by atoms with van der Waals surface area (Å²) >= 11 is 2.17. The van der Waals surface area contributed by atoms with E-state index in [1.807, 2.05) is 25.1 Å². The van der Waals surface area contributed by atoms with Crippen molar-refractivity contribution in [1.82, 2.24) is 16.1 Å². The van der Waals surface area contributed by atoms with Crippen molar-refractivity contribution in [3.63, 3.8) is 0 Å². The Labute approximate surface area is 240 Å². The minimum absolute atomic E-state index is 0.126. The second-order valence-electron chi connectivity index (χ2n) is 8.20. The summed E-state index contributed by atoms with van der Waals surface area (Å²) in [5.41, 5.74) is 4.71. The standard InChI is InChI=1S/C27H31IN4O7/c1-5-11-38-20-9-7-17(12-19(20)28)14-29-32-23(33)15-39-21-10-8-18(13-22(21)37-6-2)25-24(26(34)36-4)16(3)30-27(35)31-25/h5,7-10,12-14,23,25,32-33H,1,6,11,15H2,2-4H3,(H2,30,31,35)/b29-14-/t23-,25+/m0/s1. The zero-order valence-electron chi connectivity index (χ0n) is 21.8. The van der Waals surface area contributed by atoms with Gasteiger partial charge in [0.25, 0.3) is 0 Å². The lowest BCUT2D eigenvalue weighted by atomic mass is 9.95. The molecule has 2 amide bonds. The quantitative estimate of drug-likeness (QED) is 0.0647. The number of ether oxygens (including phenoxy) is 4. The number of hydrogen-bond acceptors (Lipinski definition) is 9. The Morgan fingerprint density at radius 2 is 1.97 bits per heavy atom. The van der Waals surface area contributed by atoms with E-state index in [4.69, 9.17) is 18.9 Å². The number of amides is 2. The molecule has 0 aliphatic carbocycles. The molecule has 0 saturated carbocycles. The first-order valence-electron chi connectivity index (χ1n) is 12.0. The molecule has 12 heteroatoms. The number of benzene rings is 2. The number of aliphatic hydroxyl groups excluding tert-OH is 1. The van der Waals surface area contributed by atoms with Crippen molar-refractivity contribution in [3.05, 3.63) is 75.0 Å². The van der Waals surface area contributed by atoms with Crippen molar-refractivity contribution in [1.29, 1.82) is 0 Å². The average Bonchev–Trinajstić information content (AvgIpc) is 2.91. The van der Waals surface area contributed by atoms with E-state index in [0.29, 0.717) is 36.0 Å². The van der Waals surface area contributed by atoms with Gasteiger partial charge in [-0.05, 0) is 77.9 Å². The topological polar surface area (TPSA) is 140 Å². The van der Waals surface area contributed by atoms with Gasteiger partial charge in [0, 0.05) is 5.70 Å². The molecule has 0 fully saturated rings. The van der Waals surface area contributed by atoms with Crippen LogP contribution in [0.3, 0.4) is 0 Å². The number of carbonyl (C=O) groups excluding carboxylic acids is 2. The molecule has 0 saturated heterocycles. The van der Waals surface area contributed by atoms with Crippen molar-refractivity contribution < 1.29 is 33.6 Å². The molecule has 11 nitrogen and oxygen atoms in total. The fourth-order valence-corrected chi connectivity index (χ4v) is 4.38. The molecular formula is C27H31IN4O7. The van der Waals surface area contributed by atoms with Crippen LogP contribution in [0.2, 0.25) is 0 Å². The number of allylic oxidation sites excluding steroid dienone is 1. The van der Waals surface area contributed by atoms with E-state index in [1.54, 1.807) is 37.4 Å². The molecular weight excluding hydrogens is 619 g/mol. The molecule has 1 aliphatic rings. The summed E-state index contributed by atoms with van der Waals surface area (Å²) in [7, 11) is 1.28. The Morgan fingerprint density at radius 3 is 2.67 bits per heavy atom. The zero-order chi connectivity index (χ0) is 28.4. The molecule has 39 heavy (non-hydrogen) atoms. The summed E-state index contributed by atoms with van der Waals surface area (Å²) in [6.45, 7) is 7.72. The van der Waals surface area contributed by atoms with Crippen molar-refractivity contribution in [2.24, 2.45) is 5.10 Å². The Morgan fingerprint density at radius 1 is 1.21 bits per heavy atom. The first-order chi connectivity index (χ1) is 18.8. The first kappa shape index (κ1) is 29.8. The van der Waals surface area contributed by atoms with Gasteiger partial charge in [-0.2, -0.15) is 5.10 Å². The minimum Gasteiger partial charge on any atom is -0.490 e. The van der Waals surface area contributed by atoms with E-state index in [9.17, 15) is 14.7 Å². The van der Waals surface area contributed by atoms with Gasteiger partial charge in [0.2, 0.25) is 0 Å². The predicted octanol–water partition coefficient (Wildman–Crippen LogP) is 3.38. The molecule has 2 aromatic rings. The van der Waals surface area contributed by atoms with E-state index in [0.717, 1.165) is 14.9 Å². The van der Waals surface area contributed by atoms with Crippen LogP contribution in [0.25, 0.3) is 0 Å². The molecule has 1 aliphatic heterocycles. The highest BCUT2D eigenvalue weighted by atomic mass is 127. The lowest BCUT2D eigenvalue weighted by Crippen LogP contribution is -2.45. The third-order valence-corrected chi connectivity index (χ3v) is 6.26. The van der Waals surface area contributed by atoms with Crippen molar-refractivity contribution >= 4 is 40.8 Å². The van der Waals surface area contributed by atoms with E-state index in [2.05, 4.69) is 50.3 Å². The smallest absolute Gasteiger partial charge is 0.337 e. The lowest BCUT2D eigenvalue weighted by Gasteiger charge is -2.28. The maximum absolute atomic E-state index is 12.4. The highest BCUT2D eigenvalue weighted by Crippen LogP contribution is 2.35. The largest absolute Gasteiger partial charge is 0.490 e. The SMILES string of the molecule is C=CCOc1ccc(/C=N\N[C@@H](O)COc2ccc([C@H]3NC(=O)NC(C)=C3C(=O)OC)cc2OCC)cc1I. The van der Waals surface area contributed by atoms with Gasteiger partial charge in [0.1, 0.15) is 19.0 Å². The Bertz CT molecular complexity index is 1260. The number of urea groups is 1. The summed E-state index contributed by atoms with van der Waals surface area (Å²) in [5.74, 6) is 0.939. The fraction of sp³-hybridized carbons (Fsp3) is 0.296. The Balaban J connectivity index is 1.66. The van der Waals surface area contributed by atoms with E-state index in [-0.39, 0.29) is 12.2 Å². The number of hydrogen-bond donors (Lipinski definition) is 4. The third-order valence-electron chi connectivity index (χ3n) is 5.42. The van der Waals surface area contributed by atoms with Gasteiger partial charge >= 0.3 is 12.0 Å². The van der Waals surface area contributed by atoms with E-state index < -0.39 is 24.3 Å². The van der Waals surface area contributed by atoms with E-state index in [1.165, 1.54) is 7.11 Å². The summed E-state index contributed by atoms with van der Waals surface area (Å²) in [6, 6.07) is 9.42. The maximum atomic E-state index is 12.4. The summed E-state index contributed by atoms with van der Waals surface area (Å²) < 4.78 is 22.9. The molecule has 1 heterocycles. The van der Waals surface area contributed by atoms with Crippen LogP contribution >= 0.6 is 22.6 Å². The number of nitrogens with one attached hydrogen (secondary N) is 3. The van der Waals surface area contributed by atoms with Gasteiger partial charge in [0.15, 0.2) is 17.7 Å². The normalized spacial score (nSPS) is 15.7. The number of halogens is 1. The monoisotopic (exact) mass is 650 g/mol. The highest BCUT2D eigenvalue weighted by Gasteiger charge is 2.32. The van der Waals surface area contributed by atoms with Crippen LogP contribution in [0, 0.1) is 3.57 Å². The number of esters is 1. The molecule has 0 spiro atoms. The van der Waals surface area contributed by atoms with Gasteiger partial charge in [-0.25, -0.2) is 9.59 Å². The van der Waals surface area contributed by atoms with E-state index >= 15 is 0 Å². The van der Waals surface area contributed by atoms with Gasteiger partial charge in [-0.15, -0.1) is 0 Å². The number of rotatable bonds is 13. The summed E-state index contributed by atoms with van der Waals surface area (Å²) in [6.07, 6.45) is 2.15. The zero-order valence-corrected chi connectivity index (χ0v) is 24.0. The molecule has 0 radical (unpaired) electrons. The van der Waals surface area contributed by atoms with Crippen molar-refractivity contribution in [3.8, 4) is 17.2 Å². The molecule has 3 rings (SSSR count). The maximum Gasteiger partial charge on any atom is 0.337 e. The molecule has 208 valence electrons. The number of nitrogens with zero attached hydrogens (tertiary/aromatic N) is 1. The number of aliphatic hydroxyl groups is 1. The average molecular weight is 650 g/mol. The Hall–Kier alpha value is -3.78. The molecule has 0 aromatic heterocycles. The van der Waals surface area contributed by atoms with Crippen LogP contribution in [-0.4, -0.2) is 56.5 Å². The fourth-order valence-electron chi connectivity index (χ4n) is 3.68. The van der Waals surface area contributed by atoms with Crippen LogP contribution < -0.4 is 30.3 Å². The van der Waals surface area contributed by atoms with Gasteiger partial charge < -0.3 is 34.7 Å². The van der Waals surface area contributed by atoms with Crippen molar-refractivity contribution in [2.75, 3.05) is 26.9 Å². The first-order valence-corrected chi connectivity index (χ1v) is 13.1. The van der Waals surface area contributed by atoms with Crippen molar-refractivity contribution in [2.45, 2.75) is 26.1 Å². The number of hydrazone groups is 1. The molecule has 0 unspecified atom stereocenters. The third kappa shape index (κ3) is 8.10. The van der Waals surface area contributed by atoms with Gasteiger partial charge in [-0.1, -0.05) is 18.7 Å². The van der Waals surface area contributed by atoms with Gasteiger partial charge in [0.05, 0.1) is 35.1 Å². The van der Waals surface area contributed by atoms with Gasteiger partial charge in [-0.3, -0.25) is 5.43 Å². The Kier molecular flexibility index (Phi) is 11.0. The summed E-state index contributed by atoms with van der Waals surface area (Å²) in [4.78, 5) is 24.5. The molecule has 4 N–H and O–H groups in total. The minimum atomic E-state index is -1.11. The van der Waals surface area contributed by atoms with Crippen LogP contribution in [0.4, 0.5) is 4.79 Å². The van der Waals surface area contributed by atoms with Crippen LogP contribution in [0.15, 0.2) is 65.4 Å². The second kappa shape index (κ2) is 14.4. The van der Waals surface area contributed by atoms with Crippen LogP contribution in [-0.2, 0) is 9.53 Å².